The number of ether oxygens (including phenoxy) is 1. The maximum Gasteiger partial charge on any atom is 0.305 e. The van der Waals surface area contributed by atoms with E-state index in [9.17, 15) is 14.9 Å². The maximum atomic E-state index is 10.9. The molecule has 110 valence electrons. The first-order valence-electron chi connectivity index (χ1n) is 6.46. The van der Waals surface area contributed by atoms with Crippen molar-refractivity contribution in [3.63, 3.8) is 0 Å². The van der Waals surface area contributed by atoms with Gasteiger partial charge < -0.3 is 10.1 Å². The Bertz CT molecular complexity index is 477. The van der Waals surface area contributed by atoms with Gasteiger partial charge in [0.15, 0.2) is 0 Å². The van der Waals surface area contributed by atoms with E-state index in [0.29, 0.717) is 24.3 Å². The van der Waals surface area contributed by atoms with Crippen LogP contribution in [0.15, 0.2) is 12.3 Å². The smallest absolute Gasteiger partial charge is 0.305 e. The van der Waals surface area contributed by atoms with Crippen molar-refractivity contribution in [1.29, 1.82) is 0 Å². The minimum absolute atomic E-state index is 0.0219. The van der Waals surface area contributed by atoms with Crippen LogP contribution in [0.2, 0.25) is 0 Å². The fourth-order valence-corrected chi connectivity index (χ4v) is 1.73. The van der Waals surface area contributed by atoms with Gasteiger partial charge in [-0.05, 0) is 25.8 Å². The van der Waals surface area contributed by atoms with E-state index in [1.807, 2.05) is 0 Å². The first kappa shape index (κ1) is 15.9. The average Bonchev–Trinajstić information content (AvgIpc) is 2.42. The highest BCUT2D eigenvalue weighted by molar-refractivity contribution is 5.68. The summed E-state index contributed by atoms with van der Waals surface area (Å²) in [5.74, 6) is 0.437. The van der Waals surface area contributed by atoms with Gasteiger partial charge in [0.25, 0.3) is 5.69 Å². The molecule has 0 atom stereocenters. The summed E-state index contributed by atoms with van der Waals surface area (Å²) in [7, 11) is 1.38. The molecule has 0 saturated heterocycles. The lowest BCUT2D eigenvalue weighted by Gasteiger charge is -2.06. The first-order valence-corrected chi connectivity index (χ1v) is 6.46. The topological polar surface area (TPSA) is 94.4 Å². The Balaban J connectivity index is 2.27. The molecule has 7 nitrogen and oxygen atoms in total. The molecule has 1 rings (SSSR count). The number of hydrogen-bond donors (Lipinski definition) is 1. The molecule has 0 spiro atoms. The maximum absolute atomic E-state index is 10.9. The van der Waals surface area contributed by atoms with Crippen molar-refractivity contribution in [2.45, 2.75) is 32.6 Å². The number of aryl methyl sites for hydroxylation is 1. The van der Waals surface area contributed by atoms with Gasteiger partial charge >= 0.3 is 5.97 Å². The van der Waals surface area contributed by atoms with Crippen molar-refractivity contribution in [3.05, 3.63) is 27.9 Å². The molecule has 0 aromatic carbocycles. The number of nitrogens with zero attached hydrogens (tertiary/aromatic N) is 2. The zero-order chi connectivity index (χ0) is 15.0. The lowest BCUT2D eigenvalue weighted by Crippen LogP contribution is -2.05. The van der Waals surface area contributed by atoms with E-state index in [1.165, 1.54) is 13.3 Å². The molecule has 7 heteroatoms. The van der Waals surface area contributed by atoms with E-state index in [2.05, 4.69) is 15.0 Å². The number of pyridine rings is 1. The van der Waals surface area contributed by atoms with Crippen LogP contribution in [0, 0.1) is 17.0 Å². The van der Waals surface area contributed by atoms with Crippen molar-refractivity contribution in [3.8, 4) is 0 Å². The third kappa shape index (κ3) is 5.21. The Morgan fingerprint density at radius 2 is 2.20 bits per heavy atom. The molecule has 0 aliphatic rings. The summed E-state index contributed by atoms with van der Waals surface area (Å²) in [6, 6.07) is 1.66. The van der Waals surface area contributed by atoms with E-state index in [-0.39, 0.29) is 11.7 Å². The Morgan fingerprint density at radius 1 is 1.45 bits per heavy atom. The van der Waals surface area contributed by atoms with Crippen LogP contribution >= 0.6 is 0 Å². The SMILES string of the molecule is COC(=O)CCCCCNc1cc(C)c([N+](=O)[O-])cn1. The first-order chi connectivity index (χ1) is 9.54. The highest BCUT2D eigenvalue weighted by atomic mass is 16.6. The number of nitro groups is 1. The van der Waals surface area contributed by atoms with Gasteiger partial charge in [-0.25, -0.2) is 4.98 Å². The highest BCUT2D eigenvalue weighted by Gasteiger charge is 2.10. The average molecular weight is 281 g/mol. The largest absolute Gasteiger partial charge is 0.469 e. The zero-order valence-corrected chi connectivity index (χ0v) is 11.7. The van der Waals surface area contributed by atoms with Crippen LogP contribution < -0.4 is 5.32 Å². The predicted octanol–water partition coefficient (Wildman–Crippen LogP) is 2.44. The molecule has 1 aromatic heterocycles. The summed E-state index contributed by atoms with van der Waals surface area (Å²) in [6.07, 6.45) is 4.30. The molecule has 0 unspecified atom stereocenters. The predicted molar refractivity (Wildman–Crippen MR) is 74.6 cm³/mol. The second kappa shape index (κ2) is 8.08. The number of esters is 1. The monoisotopic (exact) mass is 281 g/mol. The van der Waals surface area contributed by atoms with Crippen LogP contribution in [0.4, 0.5) is 11.5 Å². The van der Waals surface area contributed by atoms with Crippen LogP contribution in [0.3, 0.4) is 0 Å². The molecule has 0 fully saturated rings. The van der Waals surface area contributed by atoms with Crippen LogP contribution in [0.1, 0.15) is 31.2 Å². The minimum atomic E-state index is -0.446. The molecule has 0 amide bonds. The molecule has 0 radical (unpaired) electrons. The summed E-state index contributed by atoms with van der Waals surface area (Å²) in [5.41, 5.74) is 0.604. The molecule has 1 heterocycles. The molecule has 1 aromatic rings. The van der Waals surface area contributed by atoms with Gasteiger partial charge in [0, 0.05) is 18.5 Å². The third-order valence-corrected chi connectivity index (χ3v) is 2.87. The number of anilines is 1. The number of methoxy groups -OCH3 is 1. The molecule has 20 heavy (non-hydrogen) atoms. The van der Waals surface area contributed by atoms with E-state index in [4.69, 9.17) is 0 Å². The summed E-state index contributed by atoms with van der Waals surface area (Å²) in [4.78, 5) is 25.1. The van der Waals surface area contributed by atoms with Crippen LogP contribution in [-0.4, -0.2) is 29.5 Å². The van der Waals surface area contributed by atoms with Crippen LogP contribution in [0.25, 0.3) is 0 Å². The third-order valence-electron chi connectivity index (χ3n) is 2.87. The number of carbonyl (C=O) groups excluding carboxylic acids is 1. The summed E-state index contributed by atoms with van der Waals surface area (Å²) >= 11 is 0. The zero-order valence-electron chi connectivity index (χ0n) is 11.7. The van der Waals surface area contributed by atoms with Gasteiger partial charge in [-0.3, -0.25) is 14.9 Å². The van der Waals surface area contributed by atoms with Gasteiger partial charge in [0.2, 0.25) is 0 Å². The van der Waals surface area contributed by atoms with Crippen LogP contribution in [-0.2, 0) is 9.53 Å². The number of rotatable bonds is 8. The number of hydrogen-bond acceptors (Lipinski definition) is 6. The number of unbranched alkanes of at least 4 members (excludes halogenated alkanes) is 2. The van der Waals surface area contributed by atoms with Gasteiger partial charge in [0.05, 0.1) is 12.0 Å². The Morgan fingerprint density at radius 3 is 2.80 bits per heavy atom. The lowest BCUT2D eigenvalue weighted by molar-refractivity contribution is -0.385. The normalized spacial score (nSPS) is 10.1. The summed E-state index contributed by atoms with van der Waals surface area (Å²) in [6.45, 7) is 2.40. The number of nitrogens with one attached hydrogen (secondary N) is 1. The highest BCUT2D eigenvalue weighted by Crippen LogP contribution is 2.18. The number of carbonyl (C=O) groups is 1. The van der Waals surface area contributed by atoms with Gasteiger partial charge in [0.1, 0.15) is 12.0 Å². The van der Waals surface area contributed by atoms with Crippen molar-refractivity contribution in [2.75, 3.05) is 19.0 Å². The lowest BCUT2D eigenvalue weighted by atomic mass is 10.2. The van der Waals surface area contributed by atoms with Crippen LogP contribution in [0.5, 0.6) is 0 Å². The Labute approximate surface area is 117 Å². The quantitative estimate of drug-likeness (QED) is 0.340. The van der Waals surface area contributed by atoms with Gasteiger partial charge in [-0.1, -0.05) is 6.42 Å². The molecular weight excluding hydrogens is 262 g/mol. The number of aromatic nitrogens is 1. The molecular formula is C13H19N3O4. The molecule has 0 aliphatic heterocycles. The van der Waals surface area contributed by atoms with Gasteiger partial charge in [-0.2, -0.15) is 0 Å². The van der Waals surface area contributed by atoms with Gasteiger partial charge in [-0.15, -0.1) is 0 Å². The van der Waals surface area contributed by atoms with E-state index in [0.717, 1.165) is 19.3 Å². The molecule has 0 aliphatic carbocycles. The minimum Gasteiger partial charge on any atom is -0.469 e. The Kier molecular flexibility index (Phi) is 6.42. The molecule has 0 saturated carbocycles. The standard InChI is InChI=1S/C13H19N3O4/c1-10-8-12(15-9-11(10)16(18)19)14-7-5-3-4-6-13(17)20-2/h8-9H,3-7H2,1-2H3,(H,14,15). The van der Waals surface area contributed by atoms with E-state index in [1.54, 1.807) is 13.0 Å². The fourth-order valence-electron chi connectivity index (χ4n) is 1.73. The van der Waals surface area contributed by atoms with Crippen molar-refractivity contribution in [2.24, 2.45) is 0 Å². The molecule has 0 bridgehead atoms. The van der Waals surface area contributed by atoms with E-state index < -0.39 is 4.92 Å². The van der Waals surface area contributed by atoms with Crippen molar-refractivity contribution >= 4 is 17.5 Å². The second-order valence-electron chi connectivity index (χ2n) is 4.43. The molecule has 1 N–H and O–H groups in total. The second-order valence-corrected chi connectivity index (χ2v) is 4.43. The fraction of sp³-hybridized carbons (Fsp3) is 0.538. The Hall–Kier alpha value is -2.18. The summed E-state index contributed by atoms with van der Waals surface area (Å²) < 4.78 is 4.55. The summed E-state index contributed by atoms with van der Waals surface area (Å²) in [5, 5.41) is 13.8. The van der Waals surface area contributed by atoms with Crippen molar-refractivity contribution in [1.82, 2.24) is 4.98 Å². The van der Waals surface area contributed by atoms with Crippen molar-refractivity contribution < 1.29 is 14.5 Å². The van der Waals surface area contributed by atoms with E-state index >= 15 is 0 Å².